The van der Waals surface area contributed by atoms with Crippen molar-refractivity contribution in [1.29, 1.82) is 0 Å². The molecule has 7 nitrogen and oxygen atoms in total. The van der Waals surface area contributed by atoms with Gasteiger partial charge in [-0.25, -0.2) is 14.8 Å². The number of nitrogens with one attached hydrogen (secondary N) is 1. The summed E-state index contributed by atoms with van der Waals surface area (Å²) >= 11 is 1.51. The standard InChI is InChI=1S/C22H23N5O2S/c23-22(28)25-17-2-1-3-19(15-17)30-21-8-9-24-20(26-21)14-16-4-6-18(7-5-16)27-10-12-29-13-11-27/h1-9,15H,10-14H2,(H3,23,25,28). The highest BCUT2D eigenvalue weighted by molar-refractivity contribution is 7.99. The fourth-order valence-corrected chi connectivity index (χ4v) is 4.11. The molecule has 154 valence electrons. The van der Waals surface area contributed by atoms with Gasteiger partial charge in [-0.1, -0.05) is 30.0 Å². The zero-order chi connectivity index (χ0) is 20.8. The molecule has 4 rings (SSSR count). The Labute approximate surface area is 179 Å². The summed E-state index contributed by atoms with van der Waals surface area (Å²) < 4.78 is 5.42. The van der Waals surface area contributed by atoms with E-state index >= 15 is 0 Å². The third-order valence-electron chi connectivity index (χ3n) is 4.68. The number of urea groups is 1. The fraction of sp³-hybridized carbons (Fsp3) is 0.227. The average molecular weight is 422 g/mol. The van der Waals surface area contributed by atoms with E-state index < -0.39 is 6.03 Å². The minimum Gasteiger partial charge on any atom is -0.378 e. The van der Waals surface area contributed by atoms with Crippen LogP contribution in [0.15, 0.2) is 70.7 Å². The van der Waals surface area contributed by atoms with Gasteiger partial charge in [0.15, 0.2) is 0 Å². The van der Waals surface area contributed by atoms with Crippen molar-refractivity contribution in [2.24, 2.45) is 5.73 Å². The molecular formula is C22H23N5O2S. The second kappa shape index (κ2) is 9.60. The van der Waals surface area contributed by atoms with E-state index in [-0.39, 0.29) is 0 Å². The summed E-state index contributed by atoms with van der Waals surface area (Å²) in [6.45, 7) is 3.42. The lowest BCUT2D eigenvalue weighted by atomic mass is 10.1. The minimum absolute atomic E-state index is 0.582. The minimum atomic E-state index is -0.582. The number of morpholine rings is 1. The lowest BCUT2D eigenvalue weighted by molar-refractivity contribution is 0.122. The molecule has 8 heteroatoms. The topological polar surface area (TPSA) is 93.4 Å². The molecule has 3 aromatic rings. The summed E-state index contributed by atoms with van der Waals surface area (Å²) in [5, 5.41) is 3.43. The predicted octanol–water partition coefficient (Wildman–Crippen LogP) is 3.55. The van der Waals surface area contributed by atoms with Crippen LogP contribution in [0.1, 0.15) is 11.4 Å². The number of nitrogens with zero attached hydrogens (tertiary/aromatic N) is 3. The van der Waals surface area contributed by atoms with Crippen molar-refractivity contribution in [2.75, 3.05) is 36.5 Å². The summed E-state index contributed by atoms with van der Waals surface area (Å²) in [5.74, 6) is 0.769. The fourth-order valence-electron chi connectivity index (χ4n) is 3.25. The number of hydrogen-bond donors (Lipinski definition) is 2. The van der Waals surface area contributed by atoms with Crippen molar-refractivity contribution >= 4 is 29.2 Å². The Hall–Kier alpha value is -3.10. The monoisotopic (exact) mass is 421 g/mol. The molecule has 1 fully saturated rings. The quantitative estimate of drug-likeness (QED) is 0.591. The molecule has 2 aromatic carbocycles. The number of anilines is 2. The van der Waals surface area contributed by atoms with E-state index in [4.69, 9.17) is 10.5 Å². The van der Waals surface area contributed by atoms with Crippen molar-refractivity contribution in [3.63, 3.8) is 0 Å². The van der Waals surface area contributed by atoms with Gasteiger partial charge in [0.25, 0.3) is 0 Å². The van der Waals surface area contributed by atoms with E-state index in [1.165, 1.54) is 23.0 Å². The van der Waals surface area contributed by atoms with E-state index in [2.05, 4.69) is 44.5 Å². The highest BCUT2D eigenvalue weighted by atomic mass is 32.2. The van der Waals surface area contributed by atoms with Gasteiger partial charge < -0.3 is 20.7 Å². The van der Waals surface area contributed by atoms with E-state index in [1.54, 1.807) is 12.3 Å². The van der Waals surface area contributed by atoms with Crippen molar-refractivity contribution < 1.29 is 9.53 Å². The molecule has 0 unspecified atom stereocenters. The Morgan fingerprint density at radius 2 is 1.93 bits per heavy atom. The van der Waals surface area contributed by atoms with Crippen LogP contribution in [0.4, 0.5) is 16.2 Å². The molecule has 0 spiro atoms. The Kier molecular flexibility index (Phi) is 6.46. The molecule has 2 amide bonds. The number of ether oxygens (including phenoxy) is 1. The van der Waals surface area contributed by atoms with Gasteiger partial charge in [-0.15, -0.1) is 0 Å². The van der Waals surface area contributed by atoms with Crippen LogP contribution in [0.5, 0.6) is 0 Å². The third-order valence-corrected chi connectivity index (χ3v) is 5.60. The SMILES string of the molecule is NC(=O)Nc1cccc(Sc2ccnc(Cc3ccc(N4CCOCC4)cc3)n2)c1. The molecule has 0 radical (unpaired) electrons. The van der Waals surface area contributed by atoms with E-state index in [0.717, 1.165) is 42.0 Å². The van der Waals surface area contributed by atoms with Crippen molar-refractivity contribution in [1.82, 2.24) is 9.97 Å². The highest BCUT2D eigenvalue weighted by Gasteiger charge is 2.11. The van der Waals surface area contributed by atoms with Gasteiger partial charge in [0, 0.05) is 42.0 Å². The molecule has 3 N–H and O–H groups in total. The lowest BCUT2D eigenvalue weighted by Gasteiger charge is -2.28. The van der Waals surface area contributed by atoms with Crippen LogP contribution in [0.25, 0.3) is 0 Å². The van der Waals surface area contributed by atoms with Gasteiger partial charge >= 0.3 is 6.03 Å². The molecular weight excluding hydrogens is 398 g/mol. The van der Waals surface area contributed by atoms with Gasteiger partial charge in [-0.3, -0.25) is 0 Å². The molecule has 0 atom stereocenters. The van der Waals surface area contributed by atoms with Gasteiger partial charge in [0.05, 0.1) is 13.2 Å². The number of carbonyl (C=O) groups excluding carboxylic acids is 1. The number of primary amides is 1. The van der Waals surface area contributed by atoms with Gasteiger partial charge in [0.2, 0.25) is 0 Å². The Morgan fingerprint density at radius 1 is 1.13 bits per heavy atom. The van der Waals surface area contributed by atoms with Crippen LogP contribution in [0, 0.1) is 0 Å². The summed E-state index contributed by atoms with van der Waals surface area (Å²) in [4.78, 5) is 23.4. The maximum absolute atomic E-state index is 11.0. The zero-order valence-corrected chi connectivity index (χ0v) is 17.3. The second-order valence-corrected chi connectivity index (χ2v) is 7.97. The number of amides is 2. The van der Waals surface area contributed by atoms with Gasteiger partial charge in [0.1, 0.15) is 10.9 Å². The summed E-state index contributed by atoms with van der Waals surface area (Å²) in [6, 6.07) is 17.3. The molecule has 1 saturated heterocycles. The summed E-state index contributed by atoms with van der Waals surface area (Å²) in [7, 11) is 0. The number of carbonyl (C=O) groups is 1. The molecule has 0 aliphatic carbocycles. The van der Waals surface area contributed by atoms with Crippen molar-refractivity contribution in [2.45, 2.75) is 16.3 Å². The van der Waals surface area contributed by atoms with Crippen LogP contribution < -0.4 is 16.0 Å². The third kappa shape index (κ3) is 5.49. The number of nitrogens with two attached hydrogens (primary N) is 1. The van der Waals surface area contributed by atoms with E-state index in [1.807, 2.05) is 24.3 Å². The first-order valence-corrected chi connectivity index (χ1v) is 10.6. The van der Waals surface area contributed by atoms with Crippen molar-refractivity contribution in [3.8, 4) is 0 Å². The first-order valence-electron chi connectivity index (χ1n) is 9.74. The number of rotatable bonds is 6. The first-order chi connectivity index (χ1) is 14.7. The number of hydrogen-bond acceptors (Lipinski definition) is 6. The maximum atomic E-state index is 11.0. The van der Waals surface area contributed by atoms with Crippen molar-refractivity contribution in [3.05, 3.63) is 72.2 Å². The summed E-state index contributed by atoms with van der Waals surface area (Å²) in [6.07, 6.45) is 2.44. The lowest BCUT2D eigenvalue weighted by Crippen LogP contribution is -2.36. The molecule has 0 bridgehead atoms. The number of aromatic nitrogens is 2. The molecule has 30 heavy (non-hydrogen) atoms. The van der Waals surface area contributed by atoms with Crippen LogP contribution in [0.3, 0.4) is 0 Å². The molecule has 1 aliphatic rings. The second-order valence-electron chi connectivity index (χ2n) is 6.87. The predicted molar refractivity (Wildman–Crippen MR) is 118 cm³/mol. The van der Waals surface area contributed by atoms with E-state index in [0.29, 0.717) is 12.1 Å². The Bertz CT molecular complexity index is 1010. The van der Waals surface area contributed by atoms with Crippen LogP contribution in [0.2, 0.25) is 0 Å². The smallest absolute Gasteiger partial charge is 0.316 e. The molecule has 1 aliphatic heterocycles. The van der Waals surface area contributed by atoms with E-state index in [9.17, 15) is 4.79 Å². The highest BCUT2D eigenvalue weighted by Crippen LogP contribution is 2.28. The molecule has 2 heterocycles. The summed E-state index contributed by atoms with van der Waals surface area (Å²) in [5.41, 5.74) is 8.23. The van der Waals surface area contributed by atoms with Gasteiger partial charge in [-0.05, 0) is 42.0 Å². The molecule has 0 saturated carbocycles. The van der Waals surface area contributed by atoms with Crippen LogP contribution in [-0.2, 0) is 11.2 Å². The van der Waals surface area contributed by atoms with Crippen LogP contribution in [-0.4, -0.2) is 42.3 Å². The first kappa shape index (κ1) is 20.2. The average Bonchev–Trinajstić information content (AvgIpc) is 2.75. The Morgan fingerprint density at radius 3 is 2.70 bits per heavy atom. The largest absolute Gasteiger partial charge is 0.378 e. The van der Waals surface area contributed by atoms with Crippen LogP contribution >= 0.6 is 11.8 Å². The Balaban J connectivity index is 1.41. The maximum Gasteiger partial charge on any atom is 0.316 e. The normalized spacial score (nSPS) is 13.8. The molecule has 1 aromatic heterocycles. The van der Waals surface area contributed by atoms with Gasteiger partial charge in [-0.2, -0.15) is 0 Å². The number of benzene rings is 2. The zero-order valence-electron chi connectivity index (χ0n) is 16.5.